The molecule has 1 N–H and O–H groups in total. The second-order valence-corrected chi connectivity index (χ2v) is 9.39. The summed E-state index contributed by atoms with van der Waals surface area (Å²) in [4.78, 5) is 3.24. The number of aromatic amines is 1. The molecule has 0 aliphatic heterocycles. The second kappa shape index (κ2) is 23.3. The van der Waals surface area contributed by atoms with Crippen molar-refractivity contribution < 1.29 is 22.0 Å². The molecule has 0 aliphatic carbocycles. The van der Waals surface area contributed by atoms with Gasteiger partial charge in [-0.1, -0.05) is 129 Å². The van der Waals surface area contributed by atoms with Crippen molar-refractivity contribution in [2.75, 3.05) is 0 Å². The van der Waals surface area contributed by atoms with Crippen LogP contribution >= 0.6 is 0 Å². The second-order valence-electron chi connectivity index (χ2n) is 9.39. The van der Waals surface area contributed by atoms with Crippen LogP contribution in [0.1, 0.15) is 146 Å². The maximum Gasteiger partial charge on any atom is 0.170 e. The van der Waals surface area contributed by atoms with Gasteiger partial charge < -0.3 is 17.0 Å². The van der Waals surface area contributed by atoms with Crippen LogP contribution in [0.2, 0.25) is 0 Å². The summed E-state index contributed by atoms with van der Waals surface area (Å²) < 4.78 is 0. The van der Waals surface area contributed by atoms with Gasteiger partial charge in [0.05, 0.1) is 0 Å². The van der Waals surface area contributed by atoms with Crippen molar-refractivity contribution >= 4 is 0 Å². The third-order valence-corrected chi connectivity index (χ3v) is 6.31. The predicted molar refractivity (Wildman–Crippen MR) is 129 cm³/mol. The maximum absolute atomic E-state index is 3.24. The number of nitrogens with one attached hydrogen (secondary N) is 1. The Morgan fingerprint density at radius 2 is 0.900 bits per heavy atom. The van der Waals surface area contributed by atoms with Crippen molar-refractivity contribution in [3.63, 3.8) is 0 Å². The number of unbranched alkanes of at least 4 members (excludes halogenated alkanes) is 19. The quantitative estimate of drug-likeness (QED) is 0.186. The molecule has 0 aromatic carbocycles. The summed E-state index contributed by atoms with van der Waals surface area (Å²) in [5, 5.41) is 0. The lowest BCUT2D eigenvalue weighted by molar-refractivity contribution is -0.379. The largest absolute Gasteiger partial charge is 1.00 e. The van der Waals surface area contributed by atoms with Crippen LogP contribution in [0.25, 0.3) is 0 Å². The minimum atomic E-state index is 0. The summed E-state index contributed by atoms with van der Waals surface area (Å²) in [5.41, 5.74) is 2.81. The molecule has 176 valence electrons. The standard InChI is InChI=1S/C28H51N.BrH/c1-3-4-5-6-7-8-9-10-11-12-13-14-15-16-17-18-19-20-21-22-23-28-24-27(2)25-29-26-28;/h24-26H,3-23H2,1-2H3;1H. The van der Waals surface area contributed by atoms with Gasteiger partial charge in [0.1, 0.15) is 0 Å². The fraction of sp³-hybridized carbons (Fsp3) is 0.821. The Bertz CT molecular complexity index is 460. The maximum atomic E-state index is 3.24. The highest BCUT2D eigenvalue weighted by atomic mass is 79.9. The van der Waals surface area contributed by atoms with Gasteiger partial charge in [-0.15, -0.1) is 0 Å². The van der Waals surface area contributed by atoms with Crippen LogP contribution in [0.15, 0.2) is 18.5 Å². The van der Waals surface area contributed by atoms with E-state index in [2.05, 4.69) is 37.3 Å². The summed E-state index contributed by atoms with van der Waals surface area (Å²) in [5.74, 6) is 0. The summed E-state index contributed by atoms with van der Waals surface area (Å²) in [6.07, 6.45) is 34.5. The molecule has 0 radical (unpaired) electrons. The van der Waals surface area contributed by atoms with Crippen LogP contribution in [0.3, 0.4) is 0 Å². The highest BCUT2D eigenvalue weighted by Gasteiger charge is 1.99. The lowest BCUT2D eigenvalue weighted by Crippen LogP contribution is -3.00. The Balaban J connectivity index is 0.00000841. The van der Waals surface area contributed by atoms with E-state index < -0.39 is 0 Å². The summed E-state index contributed by atoms with van der Waals surface area (Å²) in [7, 11) is 0. The molecule has 0 bridgehead atoms. The molecule has 1 nitrogen and oxygen atoms in total. The summed E-state index contributed by atoms with van der Waals surface area (Å²) in [6, 6.07) is 2.31. The van der Waals surface area contributed by atoms with E-state index in [0.29, 0.717) is 0 Å². The number of aryl methyl sites for hydroxylation is 2. The van der Waals surface area contributed by atoms with Crippen LogP contribution in [0.5, 0.6) is 0 Å². The van der Waals surface area contributed by atoms with Gasteiger partial charge in [0.25, 0.3) is 0 Å². The van der Waals surface area contributed by atoms with Crippen molar-refractivity contribution in [3.05, 3.63) is 29.6 Å². The van der Waals surface area contributed by atoms with E-state index >= 15 is 0 Å². The van der Waals surface area contributed by atoms with Gasteiger partial charge in [-0.25, -0.2) is 4.98 Å². The number of hydrogen-bond acceptors (Lipinski definition) is 0. The zero-order valence-electron chi connectivity index (χ0n) is 20.5. The molecule has 2 heteroatoms. The summed E-state index contributed by atoms with van der Waals surface area (Å²) >= 11 is 0. The van der Waals surface area contributed by atoms with Gasteiger partial charge in [-0.2, -0.15) is 0 Å². The average Bonchev–Trinajstić information content (AvgIpc) is 2.72. The lowest BCUT2D eigenvalue weighted by Gasteiger charge is -2.04. The van der Waals surface area contributed by atoms with Gasteiger partial charge in [-0.05, 0) is 25.8 Å². The predicted octanol–water partition coefficient (Wildman–Crippen LogP) is 6.18. The smallest absolute Gasteiger partial charge is 0.170 e. The van der Waals surface area contributed by atoms with Crippen molar-refractivity contribution in [2.24, 2.45) is 0 Å². The van der Waals surface area contributed by atoms with E-state index in [-0.39, 0.29) is 17.0 Å². The molecule has 30 heavy (non-hydrogen) atoms. The zero-order chi connectivity index (χ0) is 20.8. The van der Waals surface area contributed by atoms with Gasteiger partial charge in [0.2, 0.25) is 0 Å². The van der Waals surface area contributed by atoms with Crippen LogP contribution in [0, 0.1) is 6.92 Å². The van der Waals surface area contributed by atoms with Gasteiger partial charge in [0.15, 0.2) is 12.4 Å². The first-order chi connectivity index (χ1) is 14.3. The Morgan fingerprint density at radius 1 is 0.533 bits per heavy atom. The fourth-order valence-corrected chi connectivity index (χ4v) is 4.38. The molecule has 1 heterocycles. The molecule has 0 amide bonds. The van der Waals surface area contributed by atoms with Crippen molar-refractivity contribution in [3.8, 4) is 0 Å². The number of halogens is 1. The number of H-pyrrole nitrogens is 1. The minimum Gasteiger partial charge on any atom is -1.00 e. The molecule has 0 fully saturated rings. The number of hydrogen-bond donors (Lipinski definition) is 0. The van der Waals surface area contributed by atoms with Crippen LogP contribution in [-0.4, -0.2) is 0 Å². The zero-order valence-corrected chi connectivity index (χ0v) is 22.0. The van der Waals surface area contributed by atoms with Crippen LogP contribution in [0.4, 0.5) is 0 Å². The molecular weight excluding hydrogens is 430 g/mol. The van der Waals surface area contributed by atoms with Crippen LogP contribution in [-0.2, 0) is 6.42 Å². The molecule has 0 spiro atoms. The Morgan fingerprint density at radius 3 is 1.27 bits per heavy atom. The van der Waals surface area contributed by atoms with Gasteiger partial charge in [0, 0.05) is 11.1 Å². The first-order valence-corrected chi connectivity index (χ1v) is 13.3. The fourth-order valence-electron chi connectivity index (χ4n) is 4.38. The SMILES string of the molecule is CCCCCCCCCCCCCCCCCCCCCCc1c[nH+]cc(C)c1.[Br-]. The molecule has 0 unspecified atom stereocenters. The van der Waals surface area contributed by atoms with Gasteiger partial charge in [-0.3, -0.25) is 0 Å². The van der Waals surface area contributed by atoms with Crippen molar-refractivity contribution in [2.45, 2.75) is 149 Å². The van der Waals surface area contributed by atoms with E-state index in [1.54, 1.807) is 0 Å². The van der Waals surface area contributed by atoms with E-state index in [1.165, 1.54) is 146 Å². The highest BCUT2D eigenvalue weighted by Crippen LogP contribution is 2.15. The molecule has 0 saturated carbocycles. The normalized spacial score (nSPS) is 10.9. The topological polar surface area (TPSA) is 14.1 Å². The Kier molecular flexibility index (Phi) is 23.0. The first-order valence-electron chi connectivity index (χ1n) is 13.3. The number of aromatic nitrogens is 1. The number of pyridine rings is 1. The lowest BCUT2D eigenvalue weighted by atomic mass is 10.0. The average molecular weight is 483 g/mol. The highest BCUT2D eigenvalue weighted by molar-refractivity contribution is 5.13. The molecular formula is C28H52BrN. The number of rotatable bonds is 21. The molecule has 0 saturated heterocycles. The van der Waals surface area contributed by atoms with Crippen molar-refractivity contribution in [1.82, 2.24) is 0 Å². The van der Waals surface area contributed by atoms with Gasteiger partial charge >= 0.3 is 0 Å². The molecule has 0 atom stereocenters. The van der Waals surface area contributed by atoms with E-state index in [4.69, 9.17) is 0 Å². The Hall–Kier alpha value is -0.370. The first kappa shape index (κ1) is 29.6. The molecule has 1 rings (SSSR count). The molecule has 0 aliphatic rings. The third kappa shape index (κ3) is 19.6. The molecule has 1 aromatic heterocycles. The third-order valence-electron chi connectivity index (χ3n) is 6.31. The Labute approximate surface area is 200 Å². The van der Waals surface area contributed by atoms with E-state index in [9.17, 15) is 0 Å². The summed E-state index contributed by atoms with van der Waals surface area (Å²) in [6.45, 7) is 4.46. The van der Waals surface area contributed by atoms with E-state index in [0.717, 1.165) is 0 Å². The monoisotopic (exact) mass is 481 g/mol. The molecule has 1 aromatic rings. The van der Waals surface area contributed by atoms with Crippen LogP contribution < -0.4 is 22.0 Å². The minimum absolute atomic E-state index is 0. The van der Waals surface area contributed by atoms with E-state index in [1.807, 2.05) is 0 Å². The van der Waals surface area contributed by atoms with Crippen molar-refractivity contribution in [1.29, 1.82) is 0 Å².